The van der Waals surface area contributed by atoms with Gasteiger partial charge in [-0.15, -0.1) is 0 Å². The molecule has 7 nitrogen and oxygen atoms in total. The van der Waals surface area contributed by atoms with E-state index in [4.69, 9.17) is 13.9 Å². The first-order valence-electron chi connectivity index (χ1n) is 8.30. The van der Waals surface area contributed by atoms with Gasteiger partial charge < -0.3 is 18.8 Å². The molecule has 1 unspecified atom stereocenters. The number of aromatic nitrogens is 1. The fourth-order valence-electron chi connectivity index (χ4n) is 2.96. The Kier molecular flexibility index (Phi) is 4.52. The quantitative estimate of drug-likeness (QED) is 0.755. The van der Waals surface area contributed by atoms with Gasteiger partial charge in [-0.1, -0.05) is 11.3 Å². The van der Waals surface area contributed by atoms with Crippen molar-refractivity contribution in [3.05, 3.63) is 41.9 Å². The smallest absolute Gasteiger partial charge is 0.324 e. The highest BCUT2D eigenvalue weighted by atomic mass is 32.1. The molecule has 1 saturated heterocycles. The molecule has 1 aromatic carbocycles. The van der Waals surface area contributed by atoms with Gasteiger partial charge in [0.25, 0.3) is 0 Å². The molecule has 1 N–H and O–H groups in total. The number of carbonyl (C=O) groups is 1. The minimum atomic E-state index is -0.244. The molecule has 1 fully saturated rings. The summed E-state index contributed by atoms with van der Waals surface area (Å²) in [5.41, 5.74) is 0.825. The number of urea groups is 1. The molecule has 3 heterocycles. The Morgan fingerprint density at radius 1 is 1.38 bits per heavy atom. The van der Waals surface area contributed by atoms with Crippen LogP contribution >= 0.6 is 11.3 Å². The molecule has 3 aromatic rings. The molecule has 0 spiro atoms. The van der Waals surface area contributed by atoms with Gasteiger partial charge in [-0.3, -0.25) is 5.32 Å². The van der Waals surface area contributed by atoms with Crippen molar-refractivity contribution in [2.75, 3.05) is 32.2 Å². The molecule has 136 valence electrons. The zero-order chi connectivity index (χ0) is 18.1. The Morgan fingerprint density at radius 2 is 2.27 bits per heavy atom. The lowest BCUT2D eigenvalue weighted by molar-refractivity contribution is 0.00710. The number of carbonyl (C=O) groups excluding carboxylic acids is 1. The summed E-state index contributed by atoms with van der Waals surface area (Å²) in [4.78, 5) is 19.0. The minimum Gasteiger partial charge on any atom is -0.497 e. The van der Waals surface area contributed by atoms with Gasteiger partial charge in [0.1, 0.15) is 23.3 Å². The van der Waals surface area contributed by atoms with Crippen LogP contribution in [-0.2, 0) is 4.74 Å². The maximum absolute atomic E-state index is 12.8. The lowest BCUT2D eigenvalue weighted by Gasteiger charge is -2.34. The number of benzene rings is 1. The van der Waals surface area contributed by atoms with Gasteiger partial charge in [-0.05, 0) is 37.3 Å². The van der Waals surface area contributed by atoms with Gasteiger partial charge >= 0.3 is 6.03 Å². The minimum absolute atomic E-state index is 0.210. The lowest BCUT2D eigenvalue weighted by Crippen LogP contribution is -2.45. The molecule has 0 bridgehead atoms. The fraction of sp³-hybridized carbons (Fsp3) is 0.333. The molecule has 1 atom stereocenters. The number of hydrogen-bond acceptors (Lipinski definition) is 6. The Labute approximate surface area is 154 Å². The van der Waals surface area contributed by atoms with E-state index in [1.165, 1.54) is 11.3 Å². The average molecular weight is 373 g/mol. The molecule has 1 aliphatic heterocycles. The number of methoxy groups -OCH3 is 1. The fourth-order valence-corrected chi connectivity index (χ4v) is 3.85. The molecule has 2 aromatic heterocycles. The number of nitrogens with one attached hydrogen (secondary N) is 1. The van der Waals surface area contributed by atoms with Crippen LogP contribution in [0.25, 0.3) is 10.2 Å². The lowest BCUT2D eigenvalue weighted by atomic mass is 10.2. The van der Waals surface area contributed by atoms with Gasteiger partial charge in [0, 0.05) is 6.54 Å². The predicted molar refractivity (Wildman–Crippen MR) is 98.9 cm³/mol. The van der Waals surface area contributed by atoms with Crippen molar-refractivity contribution in [3.63, 3.8) is 0 Å². The van der Waals surface area contributed by atoms with Crippen molar-refractivity contribution in [2.45, 2.75) is 13.0 Å². The summed E-state index contributed by atoms with van der Waals surface area (Å²) >= 11 is 1.42. The van der Waals surface area contributed by atoms with Crippen molar-refractivity contribution in [2.24, 2.45) is 0 Å². The predicted octanol–water partition coefficient (Wildman–Crippen LogP) is 3.81. The SMILES string of the molecule is COc1ccc2nc(NC(=O)N3CCOCC3c3ccc(C)o3)sc2c1. The van der Waals surface area contributed by atoms with Crippen LogP contribution in [0.4, 0.5) is 9.93 Å². The highest BCUT2D eigenvalue weighted by Crippen LogP contribution is 2.31. The Hall–Kier alpha value is -2.58. The number of ether oxygens (including phenoxy) is 2. The number of furan rings is 1. The highest BCUT2D eigenvalue weighted by Gasteiger charge is 2.31. The van der Waals surface area contributed by atoms with Crippen LogP contribution < -0.4 is 10.1 Å². The van der Waals surface area contributed by atoms with Crippen LogP contribution in [0.2, 0.25) is 0 Å². The number of rotatable bonds is 3. The van der Waals surface area contributed by atoms with Crippen LogP contribution in [0.3, 0.4) is 0 Å². The highest BCUT2D eigenvalue weighted by molar-refractivity contribution is 7.22. The summed E-state index contributed by atoms with van der Waals surface area (Å²) in [6.07, 6.45) is 0. The van der Waals surface area contributed by atoms with Gasteiger partial charge in [0.05, 0.1) is 30.5 Å². The second kappa shape index (κ2) is 6.97. The largest absolute Gasteiger partial charge is 0.497 e. The van der Waals surface area contributed by atoms with E-state index in [0.29, 0.717) is 24.9 Å². The van der Waals surface area contributed by atoms with E-state index in [2.05, 4.69) is 10.3 Å². The second-order valence-corrected chi connectivity index (χ2v) is 7.05. The van der Waals surface area contributed by atoms with Crippen molar-refractivity contribution in [1.82, 2.24) is 9.88 Å². The van der Waals surface area contributed by atoms with Gasteiger partial charge in [0.2, 0.25) is 0 Å². The summed E-state index contributed by atoms with van der Waals surface area (Å²) in [5.74, 6) is 2.30. The number of nitrogens with zero attached hydrogens (tertiary/aromatic N) is 2. The maximum Gasteiger partial charge on any atom is 0.324 e. The van der Waals surface area contributed by atoms with Crippen LogP contribution in [0.15, 0.2) is 34.7 Å². The van der Waals surface area contributed by atoms with Crippen molar-refractivity contribution in [3.8, 4) is 5.75 Å². The molecule has 0 radical (unpaired) electrons. The second-order valence-electron chi connectivity index (χ2n) is 6.02. The first-order valence-corrected chi connectivity index (χ1v) is 9.12. The third-order valence-electron chi connectivity index (χ3n) is 4.29. The van der Waals surface area contributed by atoms with Gasteiger partial charge in [0.15, 0.2) is 5.13 Å². The van der Waals surface area contributed by atoms with Crippen LogP contribution in [-0.4, -0.2) is 42.8 Å². The third-order valence-corrected chi connectivity index (χ3v) is 5.22. The zero-order valence-corrected chi connectivity index (χ0v) is 15.3. The first kappa shape index (κ1) is 16.9. The first-order chi connectivity index (χ1) is 12.6. The monoisotopic (exact) mass is 373 g/mol. The van der Waals surface area contributed by atoms with Gasteiger partial charge in [-0.25, -0.2) is 9.78 Å². The van der Waals surface area contributed by atoms with Crippen molar-refractivity contribution in [1.29, 1.82) is 0 Å². The van der Waals surface area contributed by atoms with Crippen LogP contribution in [0, 0.1) is 6.92 Å². The van der Waals surface area contributed by atoms with Gasteiger partial charge in [-0.2, -0.15) is 0 Å². The number of thiazole rings is 1. The van der Waals surface area contributed by atoms with E-state index in [9.17, 15) is 4.79 Å². The maximum atomic E-state index is 12.8. The molecule has 4 rings (SSSR count). The Morgan fingerprint density at radius 3 is 3.04 bits per heavy atom. The van der Waals surface area contributed by atoms with Crippen molar-refractivity contribution < 1.29 is 18.7 Å². The van der Waals surface area contributed by atoms with E-state index in [1.54, 1.807) is 12.0 Å². The topological polar surface area (TPSA) is 76.8 Å². The van der Waals surface area contributed by atoms with E-state index in [-0.39, 0.29) is 12.1 Å². The van der Waals surface area contributed by atoms with Crippen molar-refractivity contribution >= 4 is 32.7 Å². The molecule has 0 saturated carbocycles. The Bertz CT molecular complexity index is 936. The number of morpholine rings is 1. The average Bonchev–Trinajstić information content (AvgIpc) is 3.26. The molecule has 2 amide bonds. The molecule has 0 aliphatic carbocycles. The molecule has 8 heteroatoms. The summed E-state index contributed by atoms with van der Waals surface area (Å²) in [5, 5.41) is 3.46. The van der Waals surface area contributed by atoms with Crippen LogP contribution in [0.5, 0.6) is 5.75 Å². The van der Waals surface area contributed by atoms with E-state index in [1.807, 2.05) is 37.3 Å². The normalized spacial score (nSPS) is 17.5. The number of anilines is 1. The Balaban J connectivity index is 1.54. The zero-order valence-electron chi connectivity index (χ0n) is 14.5. The standard InChI is InChI=1S/C18H19N3O4S/c1-11-3-6-15(25-11)14-10-24-8-7-21(14)18(22)20-17-19-13-5-4-12(23-2)9-16(13)26-17/h3-6,9,14H,7-8,10H2,1-2H3,(H,19,20,22). The summed E-state index contributed by atoms with van der Waals surface area (Å²) in [6.45, 7) is 3.29. The molecular weight excluding hydrogens is 354 g/mol. The van der Waals surface area contributed by atoms with E-state index >= 15 is 0 Å². The number of fused-ring (bicyclic) bond motifs is 1. The number of hydrogen-bond donors (Lipinski definition) is 1. The molecule has 26 heavy (non-hydrogen) atoms. The number of aryl methyl sites for hydroxylation is 1. The van der Waals surface area contributed by atoms with E-state index < -0.39 is 0 Å². The summed E-state index contributed by atoms with van der Waals surface area (Å²) in [7, 11) is 1.62. The summed E-state index contributed by atoms with van der Waals surface area (Å²) < 4.78 is 17.4. The van der Waals surface area contributed by atoms with Crippen LogP contribution in [0.1, 0.15) is 17.6 Å². The number of amides is 2. The van der Waals surface area contributed by atoms with E-state index in [0.717, 1.165) is 27.5 Å². The molecular formula is C18H19N3O4S. The molecule has 1 aliphatic rings. The summed E-state index contributed by atoms with van der Waals surface area (Å²) in [6, 6.07) is 8.96. The third kappa shape index (κ3) is 3.25.